The van der Waals surface area contributed by atoms with E-state index in [1.165, 1.54) is 12.1 Å². The SMILES string of the molecule is CCCNc1cc([N+](=O)[O-])cc(N(C)CC(C)CC)n1. The maximum Gasteiger partial charge on any atom is 0.276 e. The van der Waals surface area contributed by atoms with Crippen LogP contribution >= 0.6 is 0 Å². The molecule has 6 heteroatoms. The molecule has 0 amide bonds. The number of rotatable bonds is 8. The van der Waals surface area contributed by atoms with E-state index in [2.05, 4.69) is 24.1 Å². The molecule has 1 rings (SSSR count). The van der Waals surface area contributed by atoms with Gasteiger partial charge in [0.15, 0.2) is 0 Å². The molecular weight excluding hydrogens is 256 g/mol. The summed E-state index contributed by atoms with van der Waals surface area (Å²) in [5.41, 5.74) is 0.0737. The van der Waals surface area contributed by atoms with Crippen molar-refractivity contribution in [3.63, 3.8) is 0 Å². The summed E-state index contributed by atoms with van der Waals surface area (Å²) < 4.78 is 0. The van der Waals surface area contributed by atoms with Crippen LogP contribution in [0.5, 0.6) is 0 Å². The topological polar surface area (TPSA) is 71.3 Å². The normalized spacial score (nSPS) is 12.0. The lowest BCUT2D eigenvalue weighted by Gasteiger charge is -2.22. The molecule has 0 aliphatic carbocycles. The molecule has 0 fully saturated rings. The van der Waals surface area contributed by atoms with E-state index in [0.29, 0.717) is 17.6 Å². The Bertz CT molecular complexity index is 451. The highest BCUT2D eigenvalue weighted by Gasteiger charge is 2.14. The Balaban J connectivity index is 2.98. The highest BCUT2D eigenvalue weighted by Crippen LogP contribution is 2.23. The van der Waals surface area contributed by atoms with Crippen molar-refractivity contribution in [3.8, 4) is 0 Å². The van der Waals surface area contributed by atoms with Gasteiger partial charge in [0.1, 0.15) is 11.6 Å². The fourth-order valence-corrected chi connectivity index (χ4v) is 1.84. The molecule has 1 aromatic heterocycles. The molecule has 20 heavy (non-hydrogen) atoms. The van der Waals surface area contributed by atoms with Crippen molar-refractivity contribution in [3.05, 3.63) is 22.2 Å². The van der Waals surface area contributed by atoms with Gasteiger partial charge in [0.2, 0.25) is 0 Å². The van der Waals surface area contributed by atoms with Gasteiger partial charge in [-0.3, -0.25) is 10.1 Å². The smallest absolute Gasteiger partial charge is 0.276 e. The Morgan fingerprint density at radius 1 is 1.45 bits per heavy atom. The number of nitrogens with one attached hydrogen (secondary N) is 1. The average Bonchev–Trinajstić information content (AvgIpc) is 2.44. The van der Waals surface area contributed by atoms with Gasteiger partial charge in [-0.1, -0.05) is 27.2 Å². The van der Waals surface area contributed by atoms with E-state index in [9.17, 15) is 10.1 Å². The minimum atomic E-state index is -0.376. The summed E-state index contributed by atoms with van der Waals surface area (Å²) in [4.78, 5) is 17.1. The van der Waals surface area contributed by atoms with E-state index >= 15 is 0 Å². The maximum absolute atomic E-state index is 11.0. The van der Waals surface area contributed by atoms with E-state index < -0.39 is 0 Å². The lowest BCUT2D eigenvalue weighted by Crippen LogP contribution is -2.24. The van der Waals surface area contributed by atoms with Crippen molar-refractivity contribution < 1.29 is 4.92 Å². The lowest BCUT2D eigenvalue weighted by atomic mass is 10.1. The van der Waals surface area contributed by atoms with Crippen molar-refractivity contribution in [1.29, 1.82) is 0 Å². The van der Waals surface area contributed by atoms with Crippen LogP contribution < -0.4 is 10.2 Å². The summed E-state index contributed by atoms with van der Waals surface area (Å²) in [7, 11) is 1.92. The highest BCUT2D eigenvalue weighted by atomic mass is 16.6. The van der Waals surface area contributed by atoms with Gasteiger partial charge < -0.3 is 10.2 Å². The Morgan fingerprint density at radius 3 is 2.70 bits per heavy atom. The number of nitro groups is 1. The zero-order chi connectivity index (χ0) is 15.1. The third-order valence-electron chi connectivity index (χ3n) is 3.24. The van der Waals surface area contributed by atoms with E-state index in [0.717, 1.165) is 25.9 Å². The first-order valence-electron chi connectivity index (χ1n) is 7.09. The molecule has 0 aromatic carbocycles. The van der Waals surface area contributed by atoms with Gasteiger partial charge in [0, 0.05) is 20.1 Å². The molecule has 0 bridgehead atoms. The van der Waals surface area contributed by atoms with Crippen LogP contribution in [-0.4, -0.2) is 30.0 Å². The van der Waals surface area contributed by atoms with Crippen molar-refractivity contribution in [2.75, 3.05) is 30.4 Å². The molecule has 1 heterocycles. The van der Waals surface area contributed by atoms with E-state index in [-0.39, 0.29) is 10.6 Å². The summed E-state index contributed by atoms with van der Waals surface area (Å²) in [6.07, 6.45) is 2.02. The number of hydrogen-bond donors (Lipinski definition) is 1. The van der Waals surface area contributed by atoms with Crippen molar-refractivity contribution in [1.82, 2.24) is 4.98 Å². The number of aromatic nitrogens is 1. The molecule has 1 unspecified atom stereocenters. The van der Waals surface area contributed by atoms with Gasteiger partial charge in [0.05, 0.1) is 17.1 Å². The van der Waals surface area contributed by atoms with Crippen LogP contribution in [0, 0.1) is 16.0 Å². The molecule has 112 valence electrons. The first-order valence-corrected chi connectivity index (χ1v) is 7.09. The van der Waals surface area contributed by atoms with Crippen LogP contribution in [0.25, 0.3) is 0 Å². The number of pyridine rings is 1. The van der Waals surface area contributed by atoms with Gasteiger partial charge in [-0.05, 0) is 12.3 Å². The summed E-state index contributed by atoms with van der Waals surface area (Å²) in [6, 6.07) is 3.01. The van der Waals surface area contributed by atoms with Crippen LogP contribution in [-0.2, 0) is 0 Å². The molecule has 1 N–H and O–H groups in total. The van der Waals surface area contributed by atoms with Crippen LogP contribution in [0.1, 0.15) is 33.6 Å². The third kappa shape index (κ3) is 4.68. The van der Waals surface area contributed by atoms with Gasteiger partial charge >= 0.3 is 0 Å². The molecule has 1 aromatic rings. The van der Waals surface area contributed by atoms with E-state index in [1.807, 2.05) is 18.9 Å². The summed E-state index contributed by atoms with van der Waals surface area (Å²) in [5.74, 6) is 1.72. The van der Waals surface area contributed by atoms with Crippen molar-refractivity contribution in [2.45, 2.75) is 33.6 Å². The molecule has 0 saturated heterocycles. The van der Waals surface area contributed by atoms with Crippen molar-refractivity contribution in [2.24, 2.45) is 5.92 Å². The first kappa shape index (κ1) is 16.2. The predicted molar refractivity (Wildman–Crippen MR) is 82.4 cm³/mol. The Kier molecular flexibility index (Phi) is 6.21. The molecular formula is C14H24N4O2. The number of anilines is 2. The summed E-state index contributed by atoms with van der Waals surface area (Å²) in [5, 5.41) is 14.1. The molecule has 0 aliphatic heterocycles. The van der Waals surface area contributed by atoms with Gasteiger partial charge in [-0.25, -0.2) is 4.98 Å². The molecule has 0 spiro atoms. The fourth-order valence-electron chi connectivity index (χ4n) is 1.84. The second kappa shape index (κ2) is 7.67. The van der Waals surface area contributed by atoms with Gasteiger partial charge in [-0.2, -0.15) is 0 Å². The van der Waals surface area contributed by atoms with Crippen molar-refractivity contribution >= 4 is 17.3 Å². The second-order valence-electron chi connectivity index (χ2n) is 5.15. The molecule has 0 saturated carbocycles. The Morgan fingerprint density at radius 2 is 2.15 bits per heavy atom. The standard InChI is InChI=1S/C14H24N4O2/c1-5-7-15-13-8-12(18(19)20)9-14(16-13)17(4)10-11(3)6-2/h8-9,11H,5-7,10H2,1-4H3,(H,15,16). The predicted octanol–water partition coefficient (Wildman–Crippen LogP) is 3.29. The number of hydrogen-bond acceptors (Lipinski definition) is 5. The molecule has 6 nitrogen and oxygen atoms in total. The minimum absolute atomic E-state index is 0.0737. The van der Waals surface area contributed by atoms with E-state index in [4.69, 9.17) is 0 Å². The molecule has 1 atom stereocenters. The lowest BCUT2D eigenvalue weighted by molar-refractivity contribution is -0.384. The van der Waals surface area contributed by atoms with Crippen LogP contribution in [0.3, 0.4) is 0 Å². The van der Waals surface area contributed by atoms with Crippen LogP contribution in [0.15, 0.2) is 12.1 Å². The Hall–Kier alpha value is -1.85. The zero-order valence-corrected chi connectivity index (χ0v) is 12.7. The largest absolute Gasteiger partial charge is 0.370 e. The fraction of sp³-hybridized carbons (Fsp3) is 0.643. The molecule has 0 aliphatic rings. The molecule has 0 radical (unpaired) electrons. The van der Waals surface area contributed by atoms with Gasteiger partial charge in [0.25, 0.3) is 5.69 Å². The maximum atomic E-state index is 11.0. The number of nitrogens with zero attached hydrogens (tertiary/aromatic N) is 3. The third-order valence-corrected chi connectivity index (χ3v) is 3.24. The average molecular weight is 280 g/mol. The highest BCUT2D eigenvalue weighted by molar-refractivity contribution is 5.55. The minimum Gasteiger partial charge on any atom is -0.370 e. The zero-order valence-electron chi connectivity index (χ0n) is 12.7. The Labute approximate surface area is 120 Å². The summed E-state index contributed by atoms with van der Waals surface area (Å²) in [6.45, 7) is 7.92. The van der Waals surface area contributed by atoms with E-state index in [1.54, 1.807) is 0 Å². The monoisotopic (exact) mass is 280 g/mol. The van der Waals surface area contributed by atoms with Crippen LogP contribution in [0.4, 0.5) is 17.3 Å². The summed E-state index contributed by atoms with van der Waals surface area (Å²) >= 11 is 0. The quantitative estimate of drug-likeness (QED) is 0.584. The second-order valence-corrected chi connectivity index (χ2v) is 5.15. The van der Waals surface area contributed by atoms with Crippen LogP contribution in [0.2, 0.25) is 0 Å². The van der Waals surface area contributed by atoms with Gasteiger partial charge in [-0.15, -0.1) is 0 Å². The first-order chi connectivity index (χ1) is 9.47.